The van der Waals surface area contributed by atoms with E-state index in [1.54, 1.807) is 0 Å². The van der Waals surface area contributed by atoms with Crippen molar-refractivity contribution in [2.45, 2.75) is 4.90 Å². The summed E-state index contributed by atoms with van der Waals surface area (Å²) >= 11 is 5.90. The van der Waals surface area contributed by atoms with E-state index in [4.69, 9.17) is 16.0 Å². The van der Waals surface area contributed by atoms with E-state index in [9.17, 15) is 22.0 Å². The number of benzene rings is 2. The molecule has 140 valence electrons. The van der Waals surface area contributed by atoms with E-state index in [-0.39, 0.29) is 22.2 Å². The molecule has 0 bridgehead atoms. The standard InChI is InChI=1S/C17H11ClF2N2O4S/c18-10-3-6-13(14(8-10)21-17(23)15-2-1-7-26-15)22-27(24,25)16-9-11(19)4-5-12(16)20/h1-9,22H,(H,21,23). The van der Waals surface area contributed by atoms with Crippen LogP contribution in [-0.2, 0) is 10.0 Å². The number of carbonyl (C=O) groups is 1. The molecule has 2 N–H and O–H groups in total. The molecule has 0 radical (unpaired) electrons. The first-order valence-electron chi connectivity index (χ1n) is 7.38. The molecular formula is C17H11ClF2N2O4S. The van der Waals surface area contributed by atoms with Crippen LogP contribution in [0.5, 0.6) is 0 Å². The first-order valence-corrected chi connectivity index (χ1v) is 9.25. The predicted octanol–water partition coefficient (Wildman–Crippen LogP) is 4.26. The highest BCUT2D eigenvalue weighted by Gasteiger charge is 2.22. The maximum Gasteiger partial charge on any atom is 0.291 e. The van der Waals surface area contributed by atoms with Gasteiger partial charge in [-0.25, -0.2) is 17.2 Å². The first kappa shape index (κ1) is 18.9. The first-order chi connectivity index (χ1) is 12.8. The molecule has 10 heteroatoms. The topological polar surface area (TPSA) is 88.4 Å². The van der Waals surface area contributed by atoms with Crippen LogP contribution in [0.25, 0.3) is 0 Å². The van der Waals surface area contributed by atoms with Gasteiger partial charge in [-0.1, -0.05) is 11.6 Å². The number of sulfonamides is 1. The molecule has 0 aliphatic heterocycles. The van der Waals surface area contributed by atoms with Crippen molar-refractivity contribution in [1.29, 1.82) is 0 Å². The third-order valence-corrected chi connectivity index (χ3v) is 5.02. The quantitative estimate of drug-likeness (QED) is 0.655. The van der Waals surface area contributed by atoms with Crippen LogP contribution in [0.1, 0.15) is 10.6 Å². The molecule has 0 aliphatic carbocycles. The van der Waals surface area contributed by atoms with Gasteiger partial charge in [0.1, 0.15) is 16.5 Å². The molecule has 6 nitrogen and oxygen atoms in total. The van der Waals surface area contributed by atoms with E-state index in [0.29, 0.717) is 12.1 Å². The molecule has 0 unspecified atom stereocenters. The van der Waals surface area contributed by atoms with Crippen LogP contribution in [0, 0.1) is 11.6 Å². The second kappa shape index (κ2) is 7.37. The summed E-state index contributed by atoms with van der Waals surface area (Å²) in [4.78, 5) is 11.3. The lowest BCUT2D eigenvalue weighted by molar-refractivity contribution is 0.0996. The van der Waals surface area contributed by atoms with Crippen molar-refractivity contribution < 1.29 is 26.4 Å². The Kier molecular flexibility index (Phi) is 5.15. The minimum atomic E-state index is -4.47. The Morgan fingerprint density at radius 1 is 1.04 bits per heavy atom. The van der Waals surface area contributed by atoms with Crippen molar-refractivity contribution in [3.8, 4) is 0 Å². The molecule has 0 atom stereocenters. The number of carbonyl (C=O) groups excluding carboxylic acids is 1. The highest BCUT2D eigenvalue weighted by molar-refractivity contribution is 7.92. The van der Waals surface area contributed by atoms with Crippen LogP contribution in [0.15, 0.2) is 64.1 Å². The molecule has 27 heavy (non-hydrogen) atoms. The molecule has 1 aromatic heterocycles. The van der Waals surface area contributed by atoms with Gasteiger partial charge in [0.05, 0.1) is 17.6 Å². The molecule has 0 spiro atoms. The summed E-state index contributed by atoms with van der Waals surface area (Å²) in [5, 5.41) is 2.65. The van der Waals surface area contributed by atoms with Crippen molar-refractivity contribution in [2.24, 2.45) is 0 Å². The lowest BCUT2D eigenvalue weighted by Gasteiger charge is -2.14. The molecule has 1 amide bonds. The molecular weight excluding hydrogens is 402 g/mol. The number of hydrogen-bond donors (Lipinski definition) is 2. The summed E-state index contributed by atoms with van der Waals surface area (Å²) in [6, 6.07) is 8.89. The molecule has 0 aliphatic rings. The van der Waals surface area contributed by atoms with Crippen LogP contribution in [-0.4, -0.2) is 14.3 Å². The average molecular weight is 413 g/mol. The monoisotopic (exact) mass is 412 g/mol. The van der Waals surface area contributed by atoms with E-state index < -0.39 is 32.5 Å². The molecule has 3 aromatic rings. The van der Waals surface area contributed by atoms with Crippen LogP contribution < -0.4 is 10.0 Å². The summed E-state index contributed by atoms with van der Waals surface area (Å²) in [5.74, 6) is -2.71. The number of furan rings is 1. The highest BCUT2D eigenvalue weighted by atomic mass is 35.5. The fourth-order valence-corrected chi connectivity index (χ4v) is 3.53. The van der Waals surface area contributed by atoms with Gasteiger partial charge >= 0.3 is 0 Å². The fourth-order valence-electron chi connectivity index (χ4n) is 2.18. The Morgan fingerprint density at radius 2 is 1.81 bits per heavy atom. The lowest BCUT2D eigenvalue weighted by atomic mass is 10.2. The van der Waals surface area contributed by atoms with Gasteiger partial charge in [0, 0.05) is 5.02 Å². The van der Waals surface area contributed by atoms with E-state index in [0.717, 1.165) is 6.07 Å². The number of nitrogens with one attached hydrogen (secondary N) is 2. The van der Waals surface area contributed by atoms with Crippen molar-refractivity contribution in [3.05, 3.63) is 77.2 Å². The largest absolute Gasteiger partial charge is 0.459 e. The van der Waals surface area contributed by atoms with Crippen molar-refractivity contribution in [2.75, 3.05) is 10.0 Å². The smallest absolute Gasteiger partial charge is 0.291 e. The highest BCUT2D eigenvalue weighted by Crippen LogP contribution is 2.29. The number of hydrogen-bond acceptors (Lipinski definition) is 4. The number of anilines is 2. The third-order valence-electron chi connectivity index (χ3n) is 3.40. The van der Waals surface area contributed by atoms with Crippen molar-refractivity contribution in [3.63, 3.8) is 0 Å². The molecule has 3 rings (SSSR count). The van der Waals surface area contributed by atoms with Crippen LogP contribution in [0.3, 0.4) is 0 Å². The van der Waals surface area contributed by atoms with E-state index in [1.807, 2.05) is 0 Å². The van der Waals surface area contributed by atoms with E-state index in [1.165, 1.54) is 36.6 Å². The Labute approximate surface area is 157 Å². The van der Waals surface area contributed by atoms with Gasteiger partial charge in [-0.3, -0.25) is 9.52 Å². The van der Waals surface area contributed by atoms with Gasteiger partial charge < -0.3 is 9.73 Å². The van der Waals surface area contributed by atoms with Crippen LogP contribution in [0.4, 0.5) is 20.2 Å². The van der Waals surface area contributed by atoms with Gasteiger partial charge in [-0.2, -0.15) is 0 Å². The zero-order valence-corrected chi connectivity index (χ0v) is 14.9. The van der Waals surface area contributed by atoms with Crippen molar-refractivity contribution in [1.82, 2.24) is 0 Å². The normalized spacial score (nSPS) is 11.2. The van der Waals surface area contributed by atoms with Gasteiger partial charge in [0.25, 0.3) is 15.9 Å². The molecule has 2 aromatic carbocycles. The van der Waals surface area contributed by atoms with Gasteiger partial charge in [-0.05, 0) is 48.5 Å². The van der Waals surface area contributed by atoms with Gasteiger partial charge in [0.15, 0.2) is 5.76 Å². The summed E-state index contributed by atoms with van der Waals surface area (Å²) in [6.07, 6.45) is 1.29. The number of rotatable bonds is 5. The summed E-state index contributed by atoms with van der Waals surface area (Å²) < 4.78 is 59.1. The van der Waals surface area contributed by atoms with Crippen LogP contribution in [0.2, 0.25) is 5.02 Å². The molecule has 0 fully saturated rings. The average Bonchev–Trinajstić information content (AvgIpc) is 3.14. The van der Waals surface area contributed by atoms with Crippen molar-refractivity contribution >= 4 is 38.9 Å². The SMILES string of the molecule is O=C(Nc1cc(Cl)ccc1NS(=O)(=O)c1cc(F)ccc1F)c1ccco1. The second-order valence-corrected chi connectivity index (χ2v) is 7.39. The molecule has 1 heterocycles. The maximum atomic E-state index is 13.8. The minimum Gasteiger partial charge on any atom is -0.459 e. The molecule has 0 saturated carbocycles. The summed E-state index contributed by atoms with van der Waals surface area (Å²) in [7, 11) is -4.47. The summed E-state index contributed by atoms with van der Waals surface area (Å²) in [6.45, 7) is 0. The predicted molar refractivity (Wildman–Crippen MR) is 95.3 cm³/mol. The summed E-state index contributed by atoms with van der Waals surface area (Å²) in [5.41, 5.74) is -0.0905. The zero-order valence-electron chi connectivity index (χ0n) is 13.4. The van der Waals surface area contributed by atoms with Gasteiger partial charge in [-0.15, -0.1) is 0 Å². The molecule has 0 saturated heterocycles. The Balaban J connectivity index is 1.95. The lowest BCUT2D eigenvalue weighted by Crippen LogP contribution is -2.18. The Morgan fingerprint density at radius 3 is 2.52 bits per heavy atom. The third kappa shape index (κ3) is 4.26. The van der Waals surface area contributed by atoms with Crippen LogP contribution >= 0.6 is 11.6 Å². The Hall–Kier alpha value is -2.91. The minimum absolute atomic E-state index is 0.00397. The van der Waals surface area contributed by atoms with E-state index in [2.05, 4.69) is 10.0 Å². The Bertz CT molecular complexity index is 1100. The number of halogens is 3. The van der Waals surface area contributed by atoms with E-state index >= 15 is 0 Å². The number of amides is 1. The fraction of sp³-hybridized carbons (Fsp3) is 0. The zero-order chi connectivity index (χ0) is 19.6. The van der Waals surface area contributed by atoms with Gasteiger partial charge in [0.2, 0.25) is 0 Å². The second-order valence-electron chi connectivity index (χ2n) is 5.30. The maximum absolute atomic E-state index is 13.8.